The van der Waals surface area contributed by atoms with Crippen LogP contribution in [0.3, 0.4) is 0 Å². The SMILES string of the molecule is CCCN(CCOc1ccccc1)C1CC2CCC(C1)N2. The monoisotopic (exact) mass is 288 g/mol. The second-order valence-corrected chi connectivity index (χ2v) is 6.46. The van der Waals surface area contributed by atoms with Crippen LogP contribution in [0.15, 0.2) is 30.3 Å². The molecule has 2 saturated heterocycles. The highest BCUT2D eigenvalue weighted by Crippen LogP contribution is 2.29. The summed E-state index contributed by atoms with van der Waals surface area (Å²) in [5.74, 6) is 0.985. The van der Waals surface area contributed by atoms with Gasteiger partial charge in [-0.2, -0.15) is 0 Å². The lowest BCUT2D eigenvalue weighted by molar-refractivity contribution is 0.119. The molecule has 21 heavy (non-hydrogen) atoms. The average molecular weight is 288 g/mol. The number of hydrogen-bond donors (Lipinski definition) is 1. The maximum Gasteiger partial charge on any atom is 0.119 e. The number of nitrogens with zero attached hydrogens (tertiary/aromatic N) is 1. The number of fused-ring (bicyclic) bond motifs is 2. The molecule has 0 radical (unpaired) electrons. The summed E-state index contributed by atoms with van der Waals surface area (Å²) >= 11 is 0. The van der Waals surface area contributed by atoms with Gasteiger partial charge in [-0.3, -0.25) is 4.90 Å². The van der Waals surface area contributed by atoms with E-state index in [1.807, 2.05) is 30.3 Å². The molecular formula is C18H28N2O. The lowest BCUT2D eigenvalue weighted by atomic mass is 9.98. The summed E-state index contributed by atoms with van der Waals surface area (Å²) in [5, 5.41) is 3.74. The van der Waals surface area contributed by atoms with Crippen LogP contribution in [0.5, 0.6) is 5.75 Å². The third-order valence-electron chi connectivity index (χ3n) is 4.87. The first kappa shape index (κ1) is 14.9. The molecular weight excluding hydrogens is 260 g/mol. The van der Waals surface area contributed by atoms with Crippen molar-refractivity contribution >= 4 is 0 Å². The summed E-state index contributed by atoms with van der Waals surface area (Å²) in [6.45, 7) is 5.32. The van der Waals surface area contributed by atoms with Crippen LogP contribution < -0.4 is 10.1 Å². The molecule has 0 amide bonds. The normalized spacial score (nSPS) is 28.0. The van der Waals surface area contributed by atoms with Gasteiger partial charge in [-0.1, -0.05) is 25.1 Å². The molecule has 2 aliphatic heterocycles. The maximum atomic E-state index is 5.89. The van der Waals surface area contributed by atoms with E-state index in [0.717, 1.165) is 37.0 Å². The van der Waals surface area contributed by atoms with E-state index in [1.165, 1.54) is 38.6 Å². The highest BCUT2D eigenvalue weighted by atomic mass is 16.5. The second-order valence-electron chi connectivity index (χ2n) is 6.46. The number of ether oxygens (including phenoxy) is 1. The molecule has 2 heterocycles. The Morgan fingerprint density at radius 2 is 1.81 bits per heavy atom. The van der Waals surface area contributed by atoms with Crippen molar-refractivity contribution in [2.24, 2.45) is 0 Å². The predicted molar refractivity (Wildman–Crippen MR) is 86.8 cm³/mol. The van der Waals surface area contributed by atoms with E-state index in [9.17, 15) is 0 Å². The molecule has 0 aromatic heterocycles. The van der Waals surface area contributed by atoms with E-state index in [-0.39, 0.29) is 0 Å². The Labute approximate surface area is 128 Å². The highest BCUT2D eigenvalue weighted by molar-refractivity contribution is 5.20. The third kappa shape index (κ3) is 3.98. The summed E-state index contributed by atoms with van der Waals surface area (Å²) in [5.41, 5.74) is 0. The van der Waals surface area contributed by atoms with Crippen molar-refractivity contribution in [2.45, 2.75) is 57.2 Å². The molecule has 3 heteroatoms. The third-order valence-corrected chi connectivity index (χ3v) is 4.87. The summed E-state index contributed by atoms with van der Waals surface area (Å²) in [7, 11) is 0. The largest absolute Gasteiger partial charge is 0.492 e. The van der Waals surface area contributed by atoms with Gasteiger partial charge >= 0.3 is 0 Å². The summed E-state index contributed by atoms with van der Waals surface area (Å²) in [6, 6.07) is 12.5. The fourth-order valence-electron chi connectivity index (χ4n) is 3.89. The summed E-state index contributed by atoms with van der Waals surface area (Å²) in [4.78, 5) is 2.66. The first-order valence-electron chi connectivity index (χ1n) is 8.53. The first-order chi connectivity index (χ1) is 10.3. The highest BCUT2D eigenvalue weighted by Gasteiger charge is 2.35. The van der Waals surface area contributed by atoms with Gasteiger partial charge in [0, 0.05) is 24.7 Å². The molecule has 1 N–H and O–H groups in total. The molecule has 2 bridgehead atoms. The predicted octanol–water partition coefficient (Wildman–Crippen LogP) is 3.06. The second kappa shape index (κ2) is 7.28. The average Bonchev–Trinajstić information content (AvgIpc) is 2.86. The molecule has 2 atom stereocenters. The van der Waals surface area contributed by atoms with Crippen LogP contribution >= 0.6 is 0 Å². The van der Waals surface area contributed by atoms with E-state index in [1.54, 1.807) is 0 Å². The standard InChI is InChI=1S/C18H28N2O/c1-2-10-20(11-12-21-18-6-4-3-5-7-18)17-13-15-8-9-16(14-17)19-15/h3-7,15-17,19H,2,8-14H2,1H3. The van der Waals surface area contributed by atoms with Crippen molar-refractivity contribution in [3.8, 4) is 5.75 Å². The molecule has 3 nitrogen and oxygen atoms in total. The van der Waals surface area contributed by atoms with Crippen molar-refractivity contribution in [3.63, 3.8) is 0 Å². The number of nitrogens with one attached hydrogen (secondary N) is 1. The Hall–Kier alpha value is -1.06. The summed E-state index contributed by atoms with van der Waals surface area (Å²) in [6.07, 6.45) is 6.62. The molecule has 0 saturated carbocycles. The van der Waals surface area contributed by atoms with Crippen LogP contribution in [-0.2, 0) is 0 Å². The molecule has 0 aliphatic carbocycles. The maximum absolute atomic E-state index is 5.89. The Kier molecular flexibility index (Phi) is 5.15. The number of benzene rings is 1. The molecule has 2 aliphatic rings. The molecule has 3 rings (SSSR count). The van der Waals surface area contributed by atoms with Crippen LogP contribution in [0.25, 0.3) is 0 Å². The van der Waals surface area contributed by atoms with Gasteiger partial charge < -0.3 is 10.1 Å². The minimum absolute atomic E-state index is 0.753. The molecule has 2 unspecified atom stereocenters. The van der Waals surface area contributed by atoms with Crippen molar-refractivity contribution in [2.75, 3.05) is 19.7 Å². The molecule has 1 aromatic carbocycles. The molecule has 116 valence electrons. The quantitative estimate of drug-likeness (QED) is 0.834. The van der Waals surface area contributed by atoms with Gasteiger partial charge in [-0.25, -0.2) is 0 Å². The molecule has 1 aromatic rings. The fourth-order valence-corrected chi connectivity index (χ4v) is 3.89. The Morgan fingerprint density at radius 1 is 1.10 bits per heavy atom. The van der Waals surface area contributed by atoms with Crippen LogP contribution in [0.4, 0.5) is 0 Å². The van der Waals surface area contributed by atoms with Gasteiger partial charge in [0.05, 0.1) is 0 Å². The lowest BCUT2D eigenvalue weighted by Gasteiger charge is -2.37. The van der Waals surface area contributed by atoms with Gasteiger partial charge in [0.1, 0.15) is 12.4 Å². The minimum atomic E-state index is 0.753. The van der Waals surface area contributed by atoms with Crippen molar-refractivity contribution in [3.05, 3.63) is 30.3 Å². The first-order valence-corrected chi connectivity index (χ1v) is 8.53. The van der Waals surface area contributed by atoms with Gasteiger partial charge in [0.15, 0.2) is 0 Å². The van der Waals surface area contributed by atoms with Crippen LogP contribution in [0.2, 0.25) is 0 Å². The Bertz CT molecular complexity index is 410. The van der Waals surface area contributed by atoms with E-state index < -0.39 is 0 Å². The van der Waals surface area contributed by atoms with Crippen molar-refractivity contribution in [1.29, 1.82) is 0 Å². The number of para-hydroxylation sites is 1. The van der Waals surface area contributed by atoms with Crippen LogP contribution in [-0.4, -0.2) is 42.7 Å². The van der Waals surface area contributed by atoms with E-state index in [2.05, 4.69) is 17.1 Å². The molecule has 2 fully saturated rings. The smallest absolute Gasteiger partial charge is 0.119 e. The zero-order chi connectivity index (χ0) is 14.5. The fraction of sp³-hybridized carbons (Fsp3) is 0.667. The lowest BCUT2D eigenvalue weighted by Crippen LogP contribution is -2.49. The van der Waals surface area contributed by atoms with E-state index in [0.29, 0.717) is 0 Å². The number of rotatable bonds is 7. The Balaban J connectivity index is 1.50. The zero-order valence-electron chi connectivity index (χ0n) is 13.1. The van der Waals surface area contributed by atoms with Gasteiger partial charge in [-0.15, -0.1) is 0 Å². The van der Waals surface area contributed by atoms with E-state index >= 15 is 0 Å². The van der Waals surface area contributed by atoms with Gasteiger partial charge in [0.2, 0.25) is 0 Å². The number of hydrogen-bond acceptors (Lipinski definition) is 3. The topological polar surface area (TPSA) is 24.5 Å². The molecule has 0 spiro atoms. The van der Waals surface area contributed by atoms with Crippen molar-refractivity contribution in [1.82, 2.24) is 10.2 Å². The zero-order valence-corrected chi connectivity index (χ0v) is 13.1. The van der Waals surface area contributed by atoms with E-state index in [4.69, 9.17) is 4.74 Å². The van der Waals surface area contributed by atoms with Crippen LogP contribution in [0.1, 0.15) is 39.0 Å². The number of piperidine rings is 1. The van der Waals surface area contributed by atoms with Gasteiger partial charge in [0.25, 0.3) is 0 Å². The Morgan fingerprint density at radius 3 is 2.48 bits per heavy atom. The van der Waals surface area contributed by atoms with Crippen molar-refractivity contribution < 1.29 is 4.74 Å². The van der Waals surface area contributed by atoms with Crippen LogP contribution in [0, 0.1) is 0 Å². The summed E-state index contributed by atoms with van der Waals surface area (Å²) < 4.78 is 5.89. The minimum Gasteiger partial charge on any atom is -0.492 e. The van der Waals surface area contributed by atoms with Gasteiger partial charge in [-0.05, 0) is 50.8 Å².